The van der Waals surface area contributed by atoms with Gasteiger partial charge in [0, 0.05) is 27.7 Å². The van der Waals surface area contributed by atoms with Gasteiger partial charge >= 0.3 is 0 Å². The molecule has 1 aromatic rings. The second kappa shape index (κ2) is 13.6. The Labute approximate surface area is 173 Å². The van der Waals surface area contributed by atoms with E-state index in [1.807, 2.05) is 38.1 Å². The summed E-state index contributed by atoms with van der Waals surface area (Å²) < 4.78 is 11.0. The lowest BCUT2D eigenvalue weighted by molar-refractivity contribution is -0.127. The molecule has 0 aliphatic rings. The highest BCUT2D eigenvalue weighted by Gasteiger charge is 2.09. The van der Waals surface area contributed by atoms with E-state index in [4.69, 9.17) is 9.47 Å². The zero-order valence-electron chi connectivity index (χ0n) is 16.2. The molecule has 0 aliphatic carbocycles. The summed E-state index contributed by atoms with van der Waals surface area (Å²) in [5.74, 6) is 1.37. The molecule has 0 saturated heterocycles. The van der Waals surface area contributed by atoms with Crippen molar-refractivity contribution in [1.82, 2.24) is 15.5 Å². The summed E-state index contributed by atoms with van der Waals surface area (Å²) in [6, 6.07) is 7.90. The lowest BCUT2D eigenvalue weighted by Crippen LogP contribution is -2.43. The minimum Gasteiger partial charge on any atom is -0.489 e. The number of likely N-dealkylation sites (N-methyl/N-ethyl adjacent to an activating group) is 1. The second-order valence-electron chi connectivity index (χ2n) is 5.95. The van der Waals surface area contributed by atoms with Crippen LogP contribution in [0.5, 0.6) is 5.75 Å². The molecule has 1 rings (SSSR count). The van der Waals surface area contributed by atoms with E-state index in [0.29, 0.717) is 25.7 Å². The summed E-state index contributed by atoms with van der Waals surface area (Å²) in [5.41, 5.74) is 1.10. The molecule has 0 spiro atoms. The van der Waals surface area contributed by atoms with Crippen molar-refractivity contribution in [2.75, 3.05) is 47.4 Å². The van der Waals surface area contributed by atoms with E-state index in [0.717, 1.165) is 11.3 Å². The van der Waals surface area contributed by atoms with Gasteiger partial charge in [-0.3, -0.25) is 4.79 Å². The van der Waals surface area contributed by atoms with Gasteiger partial charge in [-0.25, -0.2) is 4.99 Å². The fraction of sp³-hybridized carbons (Fsp3) is 0.556. The van der Waals surface area contributed by atoms with Crippen LogP contribution in [0.25, 0.3) is 0 Å². The minimum absolute atomic E-state index is 0. The summed E-state index contributed by atoms with van der Waals surface area (Å²) in [6.45, 7) is 5.80. The van der Waals surface area contributed by atoms with Crippen molar-refractivity contribution in [1.29, 1.82) is 0 Å². The first-order valence-corrected chi connectivity index (χ1v) is 8.37. The van der Waals surface area contributed by atoms with E-state index in [-0.39, 0.29) is 42.5 Å². The normalized spacial score (nSPS) is 12.0. The third-order valence-corrected chi connectivity index (χ3v) is 3.45. The van der Waals surface area contributed by atoms with Gasteiger partial charge in [-0.2, -0.15) is 0 Å². The first-order chi connectivity index (χ1) is 11.9. The van der Waals surface area contributed by atoms with Crippen molar-refractivity contribution in [3.63, 3.8) is 0 Å². The van der Waals surface area contributed by atoms with Gasteiger partial charge in [-0.1, -0.05) is 18.2 Å². The molecule has 1 amide bonds. The maximum Gasteiger partial charge on any atom is 0.243 e. The number of aliphatic imine (C=N–C) groups is 1. The van der Waals surface area contributed by atoms with Crippen LogP contribution in [0.15, 0.2) is 29.3 Å². The average Bonchev–Trinajstić information content (AvgIpc) is 2.58. The molecule has 1 aromatic carbocycles. The molecule has 26 heavy (non-hydrogen) atoms. The molecule has 0 bridgehead atoms. The maximum atomic E-state index is 11.7. The summed E-state index contributed by atoms with van der Waals surface area (Å²) in [7, 11) is 5.06. The van der Waals surface area contributed by atoms with Crippen molar-refractivity contribution in [3.8, 4) is 5.75 Å². The molecule has 2 N–H and O–H groups in total. The van der Waals surface area contributed by atoms with Gasteiger partial charge in [0.25, 0.3) is 0 Å². The van der Waals surface area contributed by atoms with Gasteiger partial charge in [-0.15, -0.1) is 24.0 Å². The van der Waals surface area contributed by atoms with Gasteiger partial charge in [0.05, 0.1) is 13.2 Å². The number of guanidine groups is 1. The molecule has 0 aliphatic heterocycles. The molecule has 0 fully saturated rings. The molecule has 1 unspecified atom stereocenters. The summed E-state index contributed by atoms with van der Waals surface area (Å²) >= 11 is 0. The predicted octanol–water partition coefficient (Wildman–Crippen LogP) is 1.65. The molecule has 0 saturated carbocycles. The molecule has 7 nitrogen and oxygen atoms in total. The Morgan fingerprint density at radius 1 is 1.27 bits per heavy atom. The predicted molar refractivity (Wildman–Crippen MR) is 116 cm³/mol. The molecule has 148 valence electrons. The van der Waals surface area contributed by atoms with Gasteiger partial charge in [0.15, 0.2) is 5.96 Å². The maximum absolute atomic E-state index is 11.7. The molecular formula is C18H31IN4O3. The quantitative estimate of drug-likeness (QED) is 0.245. The number of carbonyl (C=O) groups is 1. The van der Waals surface area contributed by atoms with E-state index >= 15 is 0 Å². The number of rotatable bonds is 9. The molecular weight excluding hydrogens is 447 g/mol. The molecule has 0 aromatic heterocycles. The van der Waals surface area contributed by atoms with E-state index in [9.17, 15) is 4.79 Å². The molecule has 8 heteroatoms. The van der Waals surface area contributed by atoms with Crippen molar-refractivity contribution in [2.24, 2.45) is 4.99 Å². The fourth-order valence-electron chi connectivity index (χ4n) is 1.92. The number of halogens is 1. The number of nitrogens with one attached hydrogen (secondary N) is 2. The largest absolute Gasteiger partial charge is 0.489 e. The van der Waals surface area contributed by atoms with Gasteiger partial charge in [0.2, 0.25) is 5.91 Å². The van der Waals surface area contributed by atoms with Crippen LogP contribution in [0.4, 0.5) is 0 Å². The summed E-state index contributed by atoms with van der Waals surface area (Å²) in [6.07, 6.45) is -0.0555. The zero-order chi connectivity index (χ0) is 18.7. The number of nitrogens with zero attached hydrogens (tertiary/aromatic N) is 2. The summed E-state index contributed by atoms with van der Waals surface area (Å²) in [4.78, 5) is 17.5. The Hall–Kier alpha value is -1.55. The van der Waals surface area contributed by atoms with Crippen LogP contribution < -0.4 is 15.4 Å². The van der Waals surface area contributed by atoms with Crippen LogP contribution in [-0.4, -0.2) is 70.3 Å². The Kier molecular flexibility index (Phi) is 12.8. The standard InChI is InChI=1S/C18H30N4O3.HI/c1-14-8-6-7-9-16(14)25-15(2)12-20-18(19-10-11-24-5)21-13-17(23)22(3)4;/h6-9,15H,10-13H2,1-5H3,(H2,19,20,21);1H. The number of ether oxygens (including phenoxy) is 2. The first-order valence-electron chi connectivity index (χ1n) is 8.37. The van der Waals surface area contributed by atoms with Gasteiger partial charge < -0.3 is 25.0 Å². The smallest absolute Gasteiger partial charge is 0.243 e. The Balaban J connectivity index is 0.00000625. The van der Waals surface area contributed by atoms with Gasteiger partial charge in [-0.05, 0) is 25.5 Å². The van der Waals surface area contributed by atoms with Crippen LogP contribution in [0, 0.1) is 6.92 Å². The number of methoxy groups -OCH3 is 1. The highest BCUT2D eigenvalue weighted by atomic mass is 127. The third kappa shape index (κ3) is 9.81. The van der Waals surface area contributed by atoms with Crippen LogP contribution in [0.1, 0.15) is 12.5 Å². The SMILES string of the molecule is COCCNC(=NCC(=O)N(C)C)NCC(C)Oc1ccccc1C.I. The minimum atomic E-state index is -0.0583. The third-order valence-electron chi connectivity index (χ3n) is 3.45. The highest BCUT2D eigenvalue weighted by Crippen LogP contribution is 2.17. The first kappa shape index (κ1) is 24.5. The topological polar surface area (TPSA) is 75.2 Å². The molecule has 1 atom stereocenters. The monoisotopic (exact) mass is 478 g/mol. The Bertz CT molecular complexity index is 567. The second-order valence-corrected chi connectivity index (χ2v) is 5.95. The van der Waals surface area contributed by atoms with Crippen molar-refractivity contribution < 1.29 is 14.3 Å². The highest BCUT2D eigenvalue weighted by molar-refractivity contribution is 14.0. The van der Waals surface area contributed by atoms with Crippen molar-refractivity contribution >= 4 is 35.8 Å². The van der Waals surface area contributed by atoms with Crippen molar-refractivity contribution in [2.45, 2.75) is 20.0 Å². The number of benzene rings is 1. The number of hydrogen-bond donors (Lipinski definition) is 2. The number of carbonyl (C=O) groups excluding carboxylic acids is 1. The van der Waals surface area contributed by atoms with Crippen LogP contribution in [0.3, 0.4) is 0 Å². The number of para-hydroxylation sites is 1. The summed E-state index contributed by atoms with van der Waals surface area (Å²) in [5, 5.41) is 6.33. The zero-order valence-corrected chi connectivity index (χ0v) is 18.6. The average molecular weight is 478 g/mol. The lowest BCUT2D eigenvalue weighted by atomic mass is 10.2. The van der Waals surface area contributed by atoms with Gasteiger partial charge in [0.1, 0.15) is 18.4 Å². The van der Waals surface area contributed by atoms with Crippen LogP contribution in [0.2, 0.25) is 0 Å². The number of aryl methyl sites for hydroxylation is 1. The Morgan fingerprint density at radius 3 is 2.58 bits per heavy atom. The van der Waals surface area contributed by atoms with E-state index in [1.165, 1.54) is 4.90 Å². The van der Waals surface area contributed by atoms with Crippen LogP contribution >= 0.6 is 24.0 Å². The molecule has 0 radical (unpaired) electrons. The lowest BCUT2D eigenvalue weighted by Gasteiger charge is -2.19. The van der Waals surface area contributed by atoms with Crippen LogP contribution in [-0.2, 0) is 9.53 Å². The van der Waals surface area contributed by atoms with E-state index in [1.54, 1.807) is 21.2 Å². The number of hydrogen-bond acceptors (Lipinski definition) is 4. The Morgan fingerprint density at radius 2 is 1.96 bits per heavy atom. The fourth-order valence-corrected chi connectivity index (χ4v) is 1.92. The van der Waals surface area contributed by atoms with E-state index in [2.05, 4.69) is 15.6 Å². The number of amides is 1. The van der Waals surface area contributed by atoms with E-state index < -0.39 is 0 Å². The van der Waals surface area contributed by atoms with Crippen molar-refractivity contribution in [3.05, 3.63) is 29.8 Å². The molecule has 0 heterocycles.